The van der Waals surface area contributed by atoms with E-state index in [1.54, 1.807) is 11.8 Å². The summed E-state index contributed by atoms with van der Waals surface area (Å²) >= 11 is 1.71. The maximum absolute atomic E-state index is 11.8. The molecule has 3 nitrogen and oxygen atoms in total. The van der Waals surface area contributed by atoms with Crippen LogP contribution in [0.1, 0.15) is 19.8 Å². The predicted molar refractivity (Wildman–Crippen MR) is 101 cm³/mol. The number of hydrogen-bond donors (Lipinski definition) is 2. The number of nitrogens with one attached hydrogen (secondary N) is 2. The normalized spacial score (nSPS) is 9.96. The van der Waals surface area contributed by atoms with Crippen LogP contribution in [0.5, 0.6) is 0 Å². The van der Waals surface area contributed by atoms with Gasteiger partial charge in [-0.1, -0.05) is 43.3 Å². The summed E-state index contributed by atoms with van der Waals surface area (Å²) in [5, 5.41) is 6.03. The van der Waals surface area contributed by atoms with E-state index in [9.17, 15) is 4.79 Å². The van der Waals surface area contributed by atoms with Crippen LogP contribution in [-0.2, 0) is 4.79 Å². The Kier molecular flexibility index (Phi) is 9.45. The summed E-state index contributed by atoms with van der Waals surface area (Å²) in [6, 6.07) is 18.2. The number of amides is 1. The largest absolute Gasteiger partial charge is 0.325 e. The molecule has 5 heteroatoms. The van der Waals surface area contributed by atoms with Crippen LogP contribution >= 0.6 is 24.2 Å². The molecule has 124 valence electrons. The Morgan fingerprint density at radius 1 is 1.00 bits per heavy atom. The molecule has 2 aromatic rings. The van der Waals surface area contributed by atoms with E-state index in [4.69, 9.17) is 0 Å². The Morgan fingerprint density at radius 3 is 2.30 bits per heavy atom. The smallest absolute Gasteiger partial charge is 0.238 e. The zero-order valence-electron chi connectivity index (χ0n) is 13.2. The van der Waals surface area contributed by atoms with Gasteiger partial charge in [0.25, 0.3) is 0 Å². The Balaban J connectivity index is 0.00000264. The molecule has 23 heavy (non-hydrogen) atoms. The summed E-state index contributed by atoms with van der Waals surface area (Å²) in [6.07, 6.45) is 2.23. The van der Waals surface area contributed by atoms with E-state index < -0.39 is 0 Å². The average Bonchev–Trinajstić information content (AvgIpc) is 2.54. The molecule has 0 radical (unpaired) electrons. The maximum atomic E-state index is 11.8. The Morgan fingerprint density at radius 2 is 1.65 bits per heavy atom. The molecule has 0 aliphatic rings. The molecule has 2 N–H and O–H groups in total. The molecule has 0 atom stereocenters. The minimum atomic E-state index is -0.000402. The molecule has 0 spiro atoms. The van der Waals surface area contributed by atoms with Crippen LogP contribution in [-0.4, -0.2) is 19.0 Å². The summed E-state index contributed by atoms with van der Waals surface area (Å²) < 4.78 is 0. The molecule has 0 unspecified atom stereocenters. The third-order valence-electron chi connectivity index (χ3n) is 3.11. The van der Waals surface area contributed by atoms with E-state index in [0.29, 0.717) is 6.54 Å². The molecule has 1 amide bonds. The maximum Gasteiger partial charge on any atom is 0.238 e. The van der Waals surface area contributed by atoms with Crippen LogP contribution < -0.4 is 10.6 Å². The fraction of sp³-hybridized carbons (Fsp3) is 0.278. The topological polar surface area (TPSA) is 41.1 Å². The van der Waals surface area contributed by atoms with Crippen molar-refractivity contribution in [2.24, 2.45) is 0 Å². The first-order valence-electron chi connectivity index (χ1n) is 7.61. The quantitative estimate of drug-likeness (QED) is 0.684. The first-order valence-corrected chi connectivity index (χ1v) is 8.43. The van der Waals surface area contributed by atoms with Gasteiger partial charge in [-0.3, -0.25) is 4.79 Å². The van der Waals surface area contributed by atoms with Crippen molar-refractivity contribution in [2.45, 2.75) is 29.6 Å². The fourth-order valence-corrected chi connectivity index (χ4v) is 2.78. The van der Waals surface area contributed by atoms with Gasteiger partial charge in [-0.25, -0.2) is 0 Å². The molecule has 2 rings (SSSR count). The van der Waals surface area contributed by atoms with Crippen molar-refractivity contribution in [3.63, 3.8) is 0 Å². The lowest BCUT2D eigenvalue weighted by Gasteiger charge is -2.07. The van der Waals surface area contributed by atoms with Crippen molar-refractivity contribution in [1.82, 2.24) is 5.32 Å². The number of halogens is 1. The second-order valence-electron chi connectivity index (χ2n) is 5.02. The van der Waals surface area contributed by atoms with Gasteiger partial charge in [0.05, 0.1) is 6.54 Å². The molecule has 0 fully saturated rings. The standard InChI is InChI=1S/C18H22N2OS.ClH/c1-2-3-13-19-14-18(21)20-15-9-11-17(12-10-15)22-16-7-5-4-6-8-16;/h4-12,19H,2-3,13-14H2,1H3,(H,20,21);1H. The summed E-state index contributed by atoms with van der Waals surface area (Å²) in [5.41, 5.74) is 0.833. The minimum absolute atomic E-state index is 0. The van der Waals surface area contributed by atoms with Crippen molar-refractivity contribution in [1.29, 1.82) is 0 Å². The SMILES string of the molecule is CCCCNCC(=O)Nc1ccc(Sc2ccccc2)cc1.Cl. The van der Waals surface area contributed by atoms with Crippen LogP contribution in [0.15, 0.2) is 64.4 Å². The van der Waals surface area contributed by atoms with Crippen LogP contribution in [0.3, 0.4) is 0 Å². The molecular weight excluding hydrogens is 328 g/mol. The number of unbranched alkanes of at least 4 members (excludes halogenated alkanes) is 1. The molecule has 0 saturated carbocycles. The van der Waals surface area contributed by atoms with Crippen LogP contribution in [0, 0.1) is 0 Å². The number of hydrogen-bond acceptors (Lipinski definition) is 3. The van der Waals surface area contributed by atoms with Crippen LogP contribution in [0.25, 0.3) is 0 Å². The third kappa shape index (κ3) is 7.55. The summed E-state index contributed by atoms with van der Waals surface area (Å²) in [4.78, 5) is 14.1. The molecule has 0 saturated heterocycles. The minimum Gasteiger partial charge on any atom is -0.325 e. The van der Waals surface area contributed by atoms with E-state index >= 15 is 0 Å². The van der Waals surface area contributed by atoms with Gasteiger partial charge in [0.1, 0.15) is 0 Å². The second-order valence-corrected chi connectivity index (χ2v) is 6.16. The van der Waals surface area contributed by atoms with E-state index in [1.807, 2.05) is 42.5 Å². The van der Waals surface area contributed by atoms with Gasteiger partial charge in [0, 0.05) is 15.5 Å². The number of carbonyl (C=O) groups is 1. The zero-order chi connectivity index (χ0) is 15.6. The van der Waals surface area contributed by atoms with Gasteiger partial charge in [0.15, 0.2) is 0 Å². The van der Waals surface area contributed by atoms with Gasteiger partial charge in [0.2, 0.25) is 5.91 Å². The van der Waals surface area contributed by atoms with Gasteiger partial charge in [-0.2, -0.15) is 0 Å². The summed E-state index contributed by atoms with van der Waals surface area (Å²) in [6.45, 7) is 3.38. The Hall–Kier alpha value is -1.49. The van der Waals surface area contributed by atoms with Crippen molar-refractivity contribution in [3.8, 4) is 0 Å². The first-order chi connectivity index (χ1) is 10.8. The third-order valence-corrected chi connectivity index (χ3v) is 4.13. The van der Waals surface area contributed by atoms with Crippen molar-refractivity contribution < 1.29 is 4.79 Å². The lowest BCUT2D eigenvalue weighted by Crippen LogP contribution is -2.28. The molecule has 0 aliphatic carbocycles. The average molecular weight is 351 g/mol. The number of benzene rings is 2. The molecule has 0 heterocycles. The highest BCUT2D eigenvalue weighted by Crippen LogP contribution is 2.28. The van der Waals surface area contributed by atoms with Gasteiger partial charge in [-0.15, -0.1) is 12.4 Å². The Bertz CT molecular complexity index is 575. The van der Waals surface area contributed by atoms with E-state index in [0.717, 1.165) is 30.0 Å². The number of carbonyl (C=O) groups excluding carboxylic acids is 1. The van der Waals surface area contributed by atoms with E-state index in [-0.39, 0.29) is 18.3 Å². The number of rotatable bonds is 8. The fourth-order valence-electron chi connectivity index (χ4n) is 1.94. The molecule has 2 aromatic carbocycles. The van der Waals surface area contributed by atoms with Gasteiger partial charge >= 0.3 is 0 Å². The Labute approximate surface area is 148 Å². The van der Waals surface area contributed by atoms with Crippen molar-refractivity contribution >= 4 is 35.8 Å². The molecule has 0 aliphatic heterocycles. The van der Waals surface area contributed by atoms with E-state index in [2.05, 4.69) is 29.7 Å². The second kappa shape index (κ2) is 11.1. The van der Waals surface area contributed by atoms with Gasteiger partial charge < -0.3 is 10.6 Å². The first kappa shape index (κ1) is 19.6. The highest BCUT2D eigenvalue weighted by Gasteiger charge is 2.02. The highest BCUT2D eigenvalue weighted by atomic mass is 35.5. The van der Waals surface area contributed by atoms with E-state index in [1.165, 1.54) is 4.90 Å². The van der Waals surface area contributed by atoms with Crippen molar-refractivity contribution in [3.05, 3.63) is 54.6 Å². The molecule has 0 aromatic heterocycles. The van der Waals surface area contributed by atoms with Gasteiger partial charge in [-0.05, 0) is 49.4 Å². The summed E-state index contributed by atoms with van der Waals surface area (Å²) in [5.74, 6) is -0.000402. The monoisotopic (exact) mass is 350 g/mol. The van der Waals surface area contributed by atoms with Crippen LogP contribution in [0.4, 0.5) is 5.69 Å². The highest BCUT2D eigenvalue weighted by molar-refractivity contribution is 7.99. The number of anilines is 1. The van der Waals surface area contributed by atoms with Crippen LogP contribution in [0.2, 0.25) is 0 Å². The lowest BCUT2D eigenvalue weighted by atomic mass is 10.3. The lowest BCUT2D eigenvalue weighted by molar-refractivity contribution is -0.115. The summed E-state index contributed by atoms with van der Waals surface area (Å²) in [7, 11) is 0. The van der Waals surface area contributed by atoms with Crippen molar-refractivity contribution in [2.75, 3.05) is 18.4 Å². The molecular formula is C18H23ClN2OS. The predicted octanol–water partition coefficient (Wildman–Crippen LogP) is 4.59. The zero-order valence-corrected chi connectivity index (χ0v) is 14.9. The molecule has 0 bridgehead atoms.